The van der Waals surface area contributed by atoms with Crippen LogP contribution in [0.3, 0.4) is 0 Å². The van der Waals surface area contributed by atoms with E-state index < -0.39 is 22.0 Å². The number of nitrogens with zero attached hydrogens (tertiary/aromatic N) is 1. The first-order chi connectivity index (χ1) is 16.4. The average molecular weight is 492 g/mol. The van der Waals surface area contributed by atoms with Crippen LogP contribution in [0.2, 0.25) is 0 Å². The molecule has 1 saturated heterocycles. The maximum absolute atomic E-state index is 13.9. The molecule has 0 N–H and O–H groups in total. The summed E-state index contributed by atoms with van der Waals surface area (Å²) in [6.45, 7) is 4.04. The van der Waals surface area contributed by atoms with Gasteiger partial charge in [0.2, 0.25) is 10.0 Å². The molecule has 34 heavy (non-hydrogen) atoms. The molecule has 0 aromatic heterocycles. The highest BCUT2D eigenvalue weighted by atomic mass is 32.2. The first kappa shape index (κ1) is 24.5. The van der Waals surface area contributed by atoms with Crippen LogP contribution in [0.15, 0.2) is 95.9 Å². The maximum atomic E-state index is 13.9. The van der Waals surface area contributed by atoms with Crippen LogP contribution in [-0.2, 0) is 14.8 Å². The Morgan fingerprint density at radius 3 is 2.21 bits per heavy atom. The van der Waals surface area contributed by atoms with Gasteiger partial charge in [0.1, 0.15) is 0 Å². The average Bonchev–Trinajstić information content (AvgIpc) is 3.25. The zero-order valence-electron chi connectivity index (χ0n) is 19.4. The van der Waals surface area contributed by atoms with Gasteiger partial charge in [-0.05, 0) is 35.9 Å². The van der Waals surface area contributed by atoms with Gasteiger partial charge < -0.3 is 0 Å². The first-order valence-corrected chi connectivity index (χ1v) is 13.9. The topological polar surface area (TPSA) is 54.5 Å². The Bertz CT molecular complexity index is 1240. The van der Waals surface area contributed by atoms with Gasteiger partial charge in [0, 0.05) is 12.5 Å². The molecular weight excluding hydrogens is 462 g/mol. The van der Waals surface area contributed by atoms with Crippen molar-refractivity contribution >= 4 is 33.0 Å². The van der Waals surface area contributed by atoms with E-state index in [2.05, 4.69) is 0 Å². The summed E-state index contributed by atoms with van der Waals surface area (Å²) >= 11 is 1.27. The molecule has 1 aliphatic heterocycles. The summed E-state index contributed by atoms with van der Waals surface area (Å²) in [7, 11) is -3.81. The quantitative estimate of drug-likeness (QED) is 0.409. The number of hydrogen-bond donors (Lipinski definition) is 0. The van der Waals surface area contributed by atoms with Gasteiger partial charge in [-0.15, -0.1) is 0 Å². The van der Waals surface area contributed by atoms with Gasteiger partial charge in [0.15, 0.2) is 5.12 Å². The minimum Gasteiger partial charge on any atom is -0.287 e. The Balaban J connectivity index is 1.82. The van der Waals surface area contributed by atoms with E-state index in [1.54, 1.807) is 12.1 Å². The lowest BCUT2D eigenvalue weighted by atomic mass is 9.87. The van der Waals surface area contributed by atoms with E-state index in [4.69, 9.17) is 0 Å². The second-order valence-corrected chi connectivity index (χ2v) is 11.6. The lowest BCUT2D eigenvalue weighted by molar-refractivity contribution is -0.114. The van der Waals surface area contributed by atoms with E-state index >= 15 is 0 Å². The number of hydrogen-bond acceptors (Lipinski definition) is 4. The van der Waals surface area contributed by atoms with Crippen LogP contribution in [0.1, 0.15) is 29.7 Å². The van der Waals surface area contributed by atoms with Gasteiger partial charge in [-0.1, -0.05) is 109 Å². The molecule has 0 aliphatic carbocycles. The fourth-order valence-corrected chi connectivity index (χ4v) is 6.88. The summed E-state index contributed by atoms with van der Waals surface area (Å²) in [4.78, 5) is 13.5. The van der Waals surface area contributed by atoms with E-state index in [-0.39, 0.29) is 22.5 Å². The molecule has 1 heterocycles. The zero-order valence-corrected chi connectivity index (χ0v) is 21.0. The second-order valence-electron chi connectivity index (χ2n) is 8.45. The van der Waals surface area contributed by atoms with Crippen LogP contribution in [0.4, 0.5) is 0 Å². The minimum absolute atomic E-state index is 0.0350. The van der Waals surface area contributed by atoms with Gasteiger partial charge in [-0.3, -0.25) is 4.79 Å². The standard InChI is InChI=1S/C28H29NO3S2/c1-3-33-28(30)26-20-29(34(31,32)24-17-14-21(2)15-18-24)27(23-12-8-5-9-13-23)25(26)19-16-22-10-6-4-7-11-22/h4-19,25-27H,3,20H2,1-2H3/b19-16+/t25-,26+,27+/m0/s1. The normalized spacial score (nSPS) is 21.2. The molecule has 0 unspecified atom stereocenters. The third-order valence-corrected chi connectivity index (χ3v) is 8.92. The third-order valence-electron chi connectivity index (χ3n) is 6.18. The highest BCUT2D eigenvalue weighted by molar-refractivity contribution is 8.13. The smallest absolute Gasteiger partial charge is 0.243 e. The van der Waals surface area contributed by atoms with Crippen LogP contribution in [0.25, 0.3) is 6.08 Å². The van der Waals surface area contributed by atoms with Crippen molar-refractivity contribution in [2.45, 2.75) is 24.8 Å². The van der Waals surface area contributed by atoms with Gasteiger partial charge in [0.25, 0.3) is 0 Å². The Morgan fingerprint density at radius 2 is 1.59 bits per heavy atom. The molecule has 3 aromatic carbocycles. The van der Waals surface area contributed by atoms with Gasteiger partial charge in [0.05, 0.1) is 16.9 Å². The molecular formula is C28H29NO3S2. The highest BCUT2D eigenvalue weighted by Crippen LogP contribution is 2.46. The Morgan fingerprint density at radius 1 is 0.971 bits per heavy atom. The third kappa shape index (κ3) is 5.19. The molecule has 4 nitrogen and oxygen atoms in total. The second kappa shape index (κ2) is 10.7. The van der Waals surface area contributed by atoms with Crippen molar-refractivity contribution in [3.63, 3.8) is 0 Å². The van der Waals surface area contributed by atoms with E-state index in [1.807, 2.05) is 98.8 Å². The molecule has 0 saturated carbocycles. The molecule has 4 rings (SSSR count). The lowest BCUT2D eigenvalue weighted by Crippen LogP contribution is -2.32. The van der Waals surface area contributed by atoms with E-state index in [9.17, 15) is 13.2 Å². The van der Waals surface area contributed by atoms with Crippen LogP contribution in [0.5, 0.6) is 0 Å². The molecule has 3 aromatic rings. The van der Waals surface area contributed by atoms with Gasteiger partial charge in [-0.2, -0.15) is 4.31 Å². The Hall–Kier alpha value is -2.67. The number of thioether (sulfide) groups is 1. The van der Waals surface area contributed by atoms with Crippen LogP contribution < -0.4 is 0 Å². The molecule has 0 spiro atoms. The monoisotopic (exact) mass is 491 g/mol. The number of sulfonamides is 1. The lowest BCUT2D eigenvalue weighted by Gasteiger charge is -2.27. The number of benzene rings is 3. The molecule has 1 aliphatic rings. The largest absolute Gasteiger partial charge is 0.287 e. The summed E-state index contributed by atoms with van der Waals surface area (Å²) in [6.07, 6.45) is 4.02. The van der Waals surface area contributed by atoms with Crippen LogP contribution in [0, 0.1) is 18.8 Å². The van der Waals surface area contributed by atoms with Crippen molar-refractivity contribution in [1.29, 1.82) is 0 Å². The van der Waals surface area contributed by atoms with E-state index in [1.165, 1.54) is 16.1 Å². The SMILES string of the molecule is CCSC(=O)[C@@H]1CN(S(=O)(=O)c2ccc(C)cc2)[C@H](c2ccccc2)[C@H]1/C=C/c1ccccc1. The van der Waals surface area contributed by atoms with Crippen LogP contribution in [-0.4, -0.2) is 30.1 Å². The molecule has 176 valence electrons. The molecule has 0 amide bonds. The fourth-order valence-electron chi connectivity index (χ4n) is 4.48. The molecule has 1 fully saturated rings. The van der Waals surface area contributed by atoms with Crippen molar-refractivity contribution in [3.05, 3.63) is 108 Å². The Labute approximate surface area is 206 Å². The predicted molar refractivity (Wildman–Crippen MR) is 140 cm³/mol. The molecule has 0 radical (unpaired) electrons. The van der Waals surface area contributed by atoms with Crippen molar-refractivity contribution in [2.24, 2.45) is 11.8 Å². The number of carbonyl (C=O) groups is 1. The van der Waals surface area contributed by atoms with Crippen molar-refractivity contribution in [3.8, 4) is 0 Å². The van der Waals surface area contributed by atoms with Gasteiger partial charge >= 0.3 is 0 Å². The summed E-state index contributed by atoms with van der Waals surface area (Å²) < 4.78 is 29.3. The predicted octanol–water partition coefficient (Wildman–Crippen LogP) is 5.97. The summed E-state index contributed by atoms with van der Waals surface area (Å²) in [5, 5.41) is 0.0350. The van der Waals surface area contributed by atoms with Crippen molar-refractivity contribution in [2.75, 3.05) is 12.3 Å². The van der Waals surface area contributed by atoms with Gasteiger partial charge in [-0.25, -0.2) is 8.42 Å². The molecule has 3 atom stereocenters. The van der Waals surface area contributed by atoms with Crippen molar-refractivity contribution < 1.29 is 13.2 Å². The summed E-state index contributed by atoms with van der Waals surface area (Å²) in [5.41, 5.74) is 2.90. The number of rotatable bonds is 7. The molecule has 0 bridgehead atoms. The minimum atomic E-state index is -3.81. The zero-order chi connectivity index (χ0) is 24.1. The molecule has 6 heteroatoms. The van der Waals surface area contributed by atoms with E-state index in [0.29, 0.717) is 5.75 Å². The Kier molecular flexibility index (Phi) is 7.71. The van der Waals surface area contributed by atoms with E-state index in [0.717, 1.165) is 16.7 Å². The number of carbonyl (C=O) groups excluding carboxylic acids is 1. The number of aryl methyl sites for hydroxylation is 1. The summed E-state index contributed by atoms with van der Waals surface area (Å²) in [5.74, 6) is -0.0599. The first-order valence-electron chi connectivity index (χ1n) is 11.4. The highest BCUT2D eigenvalue weighted by Gasteiger charge is 2.49. The fraction of sp³-hybridized carbons (Fsp3) is 0.250. The summed E-state index contributed by atoms with van der Waals surface area (Å²) in [6, 6.07) is 26.0. The van der Waals surface area contributed by atoms with Crippen molar-refractivity contribution in [1.82, 2.24) is 4.31 Å². The maximum Gasteiger partial charge on any atom is 0.243 e. The van der Waals surface area contributed by atoms with Crippen LogP contribution >= 0.6 is 11.8 Å².